The number of H-pyrrole nitrogens is 1. The molecule has 4 heteroatoms. The first-order valence-corrected chi connectivity index (χ1v) is 7.54. The molecule has 0 atom stereocenters. The van der Waals surface area contributed by atoms with Gasteiger partial charge in [-0.15, -0.1) is 0 Å². The molecule has 2 N–H and O–H groups in total. The van der Waals surface area contributed by atoms with Crippen molar-refractivity contribution in [1.82, 2.24) is 15.5 Å². The number of aromatic nitrogens is 2. The summed E-state index contributed by atoms with van der Waals surface area (Å²) in [6, 6.07) is 8.68. The Balaban J connectivity index is 1.73. The van der Waals surface area contributed by atoms with E-state index >= 15 is 0 Å². The summed E-state index contributed by atoms with van der Waals surface area (Å²) in [6.45, 7) is 4.33. The van der Waals surface area contributed by atoms with Crippen LogP contribution in [0.1, 0.15) is 17.5 Å². The van der Waals surface area contributed by atoms with Gasteiger partial charge in [0, 0.05) is 30.8 Å². The Bertz CT molecular complexity index is 609. The lowest BCUT2D eigenvalue weighted by atomic mass is 9.90. The number of nitrogens with one attached hydrogen (secondary N) is 2. The number of hydrogen-bond acceptors (Lipinski definition) is 3. The quantitative estimate of drug-likeness (QED) is 0.831. The van der Waals surface area contributed by atoms with Gasteiger partial charge in [-0.3, -0.25) is 5.10 Å². The molecular formula is C16H20N4. The van der Waals surface area contributed by atoms with Gasteiger partial charge in [0.2, 0.25) is 0 Å². The van der Waals surface area contributed by atoms with Crippen LogP contribution in [0.2, 0.25) is 0 Å². The van der Waals surface area contributed by atoms with E-state index < -0.39 is 0 Å². The highest BCUT2D eigenvalue weighted by Crippen LogP contribution is 2.36. The number of nitrogens with zero attached hydrogens (tertiary/aromatic N) is 2. The Kier molecular flexibility index (Phi) is 2.96. The van der Waals surface area contributed by atoms with Gasteiger partial charge in [-0.25, -0.2) is 0 Å². The van der Waals surface area contributed by atoms with Crippen LogP contribution in [0.25, 0.3) is 11.3 Å². The standard InChI is InChI=1S/C16H20N4/c1-2-5-13-12(4-1)6-7-14-15(13)18-19-16(14)20-10-3-8-17-9-11-20/h1-2,4-5,17H,3,6-11H2,(H,18,19). The van der Waals surface area contributed by atoms with Crippen LogP contribution in [0.5, 0.6) is 0 Å². The second-order valence-corrected chi connectivity index (χ2v) is 5.65. The van der Waals surface area contributed by atoms with Crippen molar-refractivity contribution in [3.8, 4) is 11.3 Å². The maximum absolute atomic E-state index is 4.64. The SMILES string of the molecule is c1ccc2c(c1)CCc1c(N3CCCNCC3)n[nH]c1-2. The van der Waals surface area contributed by atoms with E-state index in [4.69, 9.17) is 0 Å². The molecular weight excluding hydrogens is 248 g/mol. The first kappa shape index (κ1) is 12.0. The Morgan fingerprint density at radius 2 is 2.00 bits per heavy atom. The van der Waals surface area contributed by atoms with Crippen molar-refractivity contribution in [3.05, 3.63) is 35.4 Å². The lowest BCUT2D eigenvalue weighted by Gasteiger charge is -2.23. The maximum atomic E-state index is 4.64. The minimum absolute atomic E-state index is 1.05. The number of aryl methyl sites for hydroxylation is 1. The molecule has 0 radical (unpaired) electrons. The van der Waals surface area contributed by atoms with Crippen LogP contribution >= 0.6 is 0 Å². The van der Waals surface area contributed by atoms with Crippen LogP contribution < -0.4 is 10.2 Å². The highest BCUT2D eigenvalue weighted by atomic mass is 15.3. The zero-order valence-corrected chi connectivity index (χ0v) is 11.7. The third-order valence-corrected chi connectivity index (χ3v) is 4.42. The first-order valence-electron chi connectivity index (χ1n) is 7.54. The van der Waals surface area contributed by atoms with Crippen LogP contribution in [0, 0.1) is 0 Å². The normalized spacial score (nSPS) is 18.3. The summed E-state index contributed by atoms with van der Waals surface area (Å²) in [7, 11) is 0. The maximum Gasteiger partial charge on any atom is 0.154 e. The number of aromatic amines is 1. The van der Waals surface area contributed by atoms with Gasteiger partial charge in [-0.2, -0.15) is 5.10 Å². The summed E-state index contributed by atoms with van der Waals surface area (Å²) in [5.41, 5.74) is 5.41. The van der Waals surface area contributed by atoms with E-state index in [1.54, 1.807) is 0 Å². The fraction of sp³-hybridized carbons (Fsp3) is 0.438. The van der Waals surface area contributed by atoms with Gasteiger partial charge < -0.3 is 10.2 Å². The zero-order valence-electron chi connectivity index (χ0n) is 11.7. The number of anilines is 1. The van der Waals surface area contributed by atoms with Crippen LogP contribution in [0.15, 0.2) is 24.3 Å². The monoisotopic (exact) mass is 268 g/mol. The molecule has 0 spiro atoms. The van der Waals surface area contributed by atoms with Crippen molar-refractivity contribution in [2.75, 3.05) is 31.1 Å². The van der Waals surface area contributed by atoms with E-state index in [1.807, 2.05) is 0 Å². The number of fused-ring (bicyclic) bond motifs is 3. The molecule has 104 valence electrons. The van der Waals surface area contributed by atoms with Crippen LogP contribution in [-0.4, -0.2) is 36.4 Å². The van der Waals surface area contributed by atoms with Gasteiger partial charge in [-0.05, 0) is 31.4 Å². The second-order valence-electron chi connectivity index (χ2n) is 5.65. The third-order valence-electron chi connectivity index (χ3n) is 4.42. The summed E-state index contributed by atoms with van der Waals surface area (Å²) in [6.07, 6.45) is 3.42. The summed E-state index contributed by atoms with van der Waals surface area (Å²) >= 11 is 0. The van der Waals surface area contributed by atoms with Gasteiger partial charge in [0.15, 0.2) is 5.82 Å². The van der Waals surface area contributed by atoms with Gasteiger partial charge in [0.25, 0.3) is 0 Å². The predicted molar refractivity (Wildman–Crippen MR) is 81.1 cm³/mol. The molecule has 2 aliphatic rings. The van der Waals surface area contributed by atoms with Gasteiger partial charge >= 0.3 is 0 Å². The Hall–Kier alpha value is -1.81. The van der Waals surface area contributed by atoms with Crippen molar-refractivity contribution < 1.29 is 0 Å². The molecule has 0 bridgehead atoms. The Morgan fingerprint density at radius 3 is 3.00 bits per heavy atom. The fourth-order valence-electron chi connectivity index (χ4n) is 3.38. The number of hydrogen-bond donors (Lipinski definition) is 2. The molecule has 1 aliphatic carbocycles. The Labute approximate surface area is 119 Å². The molecule has 20 heavy (non-hydrogen) atoms. The highest BCUT2D eigenvalue weighted by molar-refractivity contribution is 5.74. The molecule has 1 saturated heterocycles. The summed E-state index contributed by atoms with van der Waals surface area (Å²) < 4.78 is 0. The van der Waals surface area contributed by atoms with E-state index in [1.165, 1.54) is 34.6 Å². The molecule has 4 rings (SSSR count). The van der Waals surface area contributed by atoms with Crippen molar-refractivity contribution >= 4 is 5.82 Å². The highest BCUT2D eigenvalue weighted by Gasteiger charge is 2.24. The molecule has 0 saturated carbocycles. The van der Waals surface area contributed by atoms with Crippen molar-refractivity contribution in [1.29, 1.82) is 0 Å². The van der Waals surface area contributed by atoms with Crippen LogP contribution in [0.3, 0.4) is 0 Å². The minimum atomic E-state index is 1.05. The van der Waals surface area contributed by atoms with E-state index in [2.05, 4.69) is 44.7 Å². The predicted octanol–water partition coefficient (Wildman–Crippen LogP) is 1.97. The van der Waals surface area contributed by atoms with Gasteiger partial charge in [-0.1, -0.05) is 24.3 Å². The average molecular weight is 268 g/mol. The number of benzene rings is 1. The zero-order chi connectivity index (χ0) is 13.4. The van der Waals surface area contributed by atoms with E-state index in [0.29, 0.717) is 0 Å². The summed E-state index contributed by atoms with van der Waals surface area (Å²) in [5.74, 6) is 1.18. The van der Waals surface area contributed by atoms with E-state index in [-0.39, 0.29) is 0 Å². The molecule has 1 fully saturated rings. The summed E-state index contributed by atoms with van der Waals surface area (Å²) in [5, 5.41) is 11.4. The van der Waals surface area contributed by atoms with Crippen LogP contribution in [0.4, 0.5) is 5.82 Å². The number of rotatable bonds is 1. The van der Waals surface area contributed by atoms with Gasteiger partial charge in [0.05, 0.1) is 5.69 Å². The Morgan fingerprint density at radius 1 is 1.05 bits per heavy atom. The fourth-order valence-corrected chi connectivity index (χ4v) is 3.38. The first-order chi connectivity index (χ1) is 9.93. The smallest absolute Gasteiger partial charge is 0.154 e. The molecule has 1 aliphatic heterocycles. The molecule has 0 unspecified atom stereocenters. The molecule has 4 nitrogen and oxygen atoms in total. The second kappa shape index (κ2) is 4.94. The third kappa shape index (κ3) is 1.91. The lowest BCUT2D eigenvalue weighted by molar-refractivity contribution is 0.724. The largest absolute Gasteiger partial charge is 0.354 e. The molecule has 0 amide bonds. The lowest BCUT2D eigenvalue weighted by Crippen LogP contribution is -2.29. The molecule has 2 heterocycles. The van der Waals surface area contributed by atoms with Crippen molar-refractivity contribution in [2.24, 2.45) is 0 Å². The molecule has 1 aromatic carbocycles. The van der Waals surface area contributed by atoms with Gasteiger partial charge in [0.1, 0.15) is 0 Å². The molecule has 1 aromatic heterocycles. The minimum Gasteiger partial charge on any atom is -0.354 e. The van der Waals surface area contributed by atoms with E-state index in [0.717, 1.165) is 39.0 Å². The van der Waals surface area contributed by atoms with E-state index in [9.17, 15) is 0 Å². The summed E-state index contributed by atoms with van der Waals surface area (Å²) in [4.78, 5) is 2.43. The average Bonchev–Trinajstić information content (AvgIpc) is 2.75. The van der Waals surface area contributed by atoms with Crippen LogP contribution in [-0.2, 0) is 12.8 Å². The topological polar surface area (TPSA) is 44.0 Å². The molecule has 2 aromatic rings. The van der Waals surface area contributed by atoms with Crippen molar-refractivity contribution in [3.63, 3.8) is 0 Å². The van der Waals surface area contributed by atoms with Crippen molar-refractivity contribution in [2.45, 2.75) is 19.3 Å².